The van der Waals surface area contributed by atoms with Gasteiger partial charge >= 0.3 is 6.03 Å². The summed E-state index contributed by atoms with van der Waals surface area (Å²) in [4.78, 5) is 22.4. The molecular formula is C11H21N3O2. The van der Waals surface area contributed by atoms with E-state index in [0.29, 0.717) is 19.6 Å². The average molecular weight is 227 g/mol. The molecule has 1 aliphatic carbocycles. The molecule has 1 saturated carbocycles. The van der Waals surface area contributed by atoms with E-state index in [2.05, 4.69) is 22.9 Å². The van der Waals surface area contributed by atoms with Gasteiger partial charge in [-0.2, -0.15) is 0 Å². The molecule has 5 heteroatoms. The molecule has 5 nitrogen and oxygen atoms in total. The van der Waals surface area contributed by atoms with Crippen LogP contribution in [0, 0.1) is 5.92 Å². The lowest BCUT2D eigenvalue weighted by Gasteiger charge is -2.07. The summed E-state index contributed by atoms with van der Waals surface area (Å²) < 4.78 is 0. The van der Waals surface area contributed by atoms with Crippen LogP contribution in [0.25, 0.3) is 0 Å². The third-order valence-electron chi connectivity index (χ3n) is 2.47. The van der Waals surface area contributed by atoms with Gasteiger partial charge in [0.25, 0.3) is 0 Å². The molecule has 1 rings (SSSR count). The molecule has 0 bridgehead atoms. The van der Waals surface area contributed by atoms with Gasteiger partial charge in [0.1, 0.15) is 0 Å². The molecule has 0 atom stereocenters. The van der Waals surface area contributed by atoms with E-state index in [1.165, 1.54) is 0 Å². The zero-order valence-electron chi connectivity index (χ0n) is 9.84. The van der Waals surface area contributed by atoms with E-state index in [0.717, 1.165) is 25.7 Å². The van der Waals surface area contributed by atoms with Crippen LogP contribution in [0.1, 0.15) is 32.6 Å². The number of urea groups is 1. The molecule has 92 valence electrons. The predicted molar refractivity (Wildman–Crippen MR) is 62.0 cm³/mol. The highest BCUT2D eigenvalue weighted by Gasteiger charge is 2.28. The number of hydrogen-bond donors (Lipinski definition) is 3. The topological polar surface area (TPSA) is 70.2 Å². The number of carbonyl (C=O) groups is 2. The van der Waals surface area contributed by atoms with Crippen molar-refractivity contribution in [2.24, 2.45) is 5.92 Å². The van der Waals surface area contributed by atoms with Gasteiger partial charge < -0.3 is 16.0 Å². The first-order valence-corrected chi connectivity index (χ1v) is 6.03. The summed E-state index contributed by atoms with van der Waals surface area (Å²) >= 11 is 0. The molecule has 16 heavy (non-hydrogen) atoms. The predicted octanol–water partition coefficient (Wildman–Crippen LogP) is 0.612. The minimum absolute atomic E-state index is 0.119. The number of nitrogens with one attached hydrogen (secondary N) is 3. The van der Waals surface area contributed by atoms with Crippen molar-refractivity contribution in [1.29, 1.82) is 0 Å². The molecule has 0 aromatic heterocycles. The minimum Gasteiger partial charge on any atom is -0.354 e. The summed E-state index contributed by atoms with van der Waals surface area (Å²) in [5.41, 5.74) is 0. The van der Waals surface area contributed by atoms with Gasteiger partial charge in [-0.15, -0.1) is 0 Å². The zero-order valence-corrected chi connectivity index (χ0v) is 9.84. The SMILES string of the molecule is CCCCNC(=O)NCCNC(=O)C1CC1. The van der Waals surface area contributed by atoms with E-state index in [-0.39, 0.29) is 17.9 Å². The molecule has 0 radical (unpaired) electrons. The molecule has 0 aromatic carbocycles. The summed E-state index contributed by atoms with van der Waals surface area (Å²) in [5.74, 6) is 0.353. The summed E-state index contributed by atoms with van der Waals surface area (Å²) in [6.45, 7) is 3.77. The van der Waals surface area contributed by atoms with Crippen LogP contribution >= 0.6 is 0 Å². The summed E-state index contributed by atoms with van der Waals surface area (Å²) in [5, 5.41) is 8.22. The molecule has 0 saturated heterocycles. The van der Waals surface area contributed by atoms with Gasteiger partial charge in [-0.05, 0) is 19.3 Å². The van der Waals surface area contributed by atoms with Crippen LogP contribution in [0.15, 0.2) is 0 Å². The van der Waals surface area contributed by atoms with Crippen molar-refractivity contribution >= 4 is 11.9 Å². The van der Waals surface area contributed by atoms with E-state index in [1.807, 2.05) is 0 Å². The average Bonchev–Trinajstić information content (AvgIpc) is 3.08. The first-order chi connectivity index (χ1) is 7.74. The summed E-state index contributed by atoms with van der Waals surface area (Å²) in [6, 6.07) is -0.158. The fourth-order valence-corrected chi connectivity index (χ4v) is 1.29. The second-order valence-electron chi connectivity index (χ2n) is 4.10. The Bertz CT molecular complexity index is 239. The van der Waals surface area contributed by atoms with E-state index in [4.69, 9.17) is 0 Å². The van der Waals surface area contributed by atoms with Crippen LogP contribution in [-0.4, -0.2) is 31.6 Å². The lowest BCUT2D eigenvalue weighted by atomic mass is 10.3. The molecule has 3 N–H and O–H groups in total. The Hall–Kier alpha value is -1.26. The highest BCUT2D eigenvalue weighted by molar-refractivity contribution is 5.80. The maximum atomic E-state index is 11.2. The Morgan fingerprint density at radius 3 is 2.31 bits per heavy atom. The maximum absolute atomic E-state index is 11.2. The van der Waals surface area contributed by atoms with Gasteiger partial charge in [0.05, 0.1) is 0 Å². The van der Waals surface area contributed by atoms with Gasteiger partial charge in [0.2, 0.25) is 5.91 Å². The van der Waals surface area contributed by atoms with Gasteiger partial charge in [-0.1, -0.05) is 13.3 Å². The molecule has 0 unspecified atom stereocenters. The Morgan fingerprint density at radius 2 is 1.69 bits per heavy atom. The first-order valence-electron chi connectivity index (χ1n) is 6.03. The summed E-state index contributed by atoms with van der Waals surface area (Å²) in [7, 11) is 0. The monoisotopic (exact) mass is 227 g/mol. The Balaban J connectivity index is 1.89. The van der Waals surface area contributed by atoms with Gasteiger partial charge in [-0.3, -0.25) is 4.79 Å². The first kappa shape index (κ1) is 12.8. The van der Waals surface area contributed by atoms with Crippen molar-refractivity contribution in [1.82, 2.24) is 16.0 Å². The second kappa shape index (κ2) is 7.09. The van der Waals surface area contributed by atoms with E-state index >= 15 is 0 Å². The summed E-state index contributed by atoms with van der Waals surface area (Å²) in [6.07, 6.45) is 4.08. The van der Waals surface area contributed by atoms with Gasteiger partial charge in [0.15, 0.2) is 0 Å². The lowest BCUT2D eigenvalue weighted by molar-refractivity contribution is -0.122. The van der Waals surface area contributed by atoms with E-state index in [1.54, 1.807) is 0 Å². The third kappa shape index (κ3) is 5.58. The van der Waals surface area contributed by atoms with Crippen molar-refractivity contribution in [3.05, 3.63) is 0 Å². The van der Waals surface area contributed by atoms with Crippen LogP contribution in [0.5, 0.6) is 0 Å². The zero-order chi connectivity index (χ0) is 11.8. The molecular weight excluding hydrogens is 206 g/mol. The largest absolute Gasteiger partial charge is 0.354 e. The van der Waals surface area contributed by atoms with Crippen LogP contribution in [0.4, 0.5) is 4.79 Å². The van der Waals surface area contributed by atoms with E-state index in [9.17, 15) is 9.59 Å². The number of carbonyl (C=O) groups excluding carboxylic acids is 2. The van der Waals surface area contributed by atoms with Gasteiger partial charge in [-0.25, -0.2) is 4.79 Å². The number of rotatable bonds is 7. The third-order valence-corrected chi connectivity index (χ3v) is 2.47. The number of amides is 3. The quantitative estimate of drug-likeness (QED) is 0.558. The Labute approximate surface area is 96.4 Å². The molecule has 0 spiro atoms. The molecule has 0 aromatic rings. The molecule has 0 heterocycles. The van der Waals surface area contributed by atoms with Crippen molar-refractivity contribution in [2.45, 2.75) is 32.6 Å². The van der Waals surface area contributed by atoms with Crippen LogP contribution < -0.4 is 16.0 Å². The molecule has 1 fully saturated rings. The van der Waals surface area contributed by atoms with Crippen molar-refractivity contribution < 1.29 is 9.59 Å². The highest BCUT2D eigenvalue weighted by Crippen LogP contribution is 2.28. The van der Waals surface area contributed by atoms with Crippen molar-refractivity contribution in [3.8, 4) is 0 Å². The van der Waals surface area contributed by atoms with Crippen LogP contribution in [-0.2, 0) is 4.79 Å². The normalized spacial score (nSPS) is 14.3. The van der Waals surface area contributed by atoms with E-state index < -0.39 is 0 Å². The number of unbranched alkanes of at least 4 members (excludes halogenated alkanes) is 1. The molecule has 3 amide bonds. The van der Waals surface area contributed by atoms with Gasteiger partial charge in [0, 0.05) is 25.6 Å². The molecule has 1 aliphatic rings. The number of hydrogen-bond acceptors (Lipinski definition) is 2. The Kier molecular flexibility index (Phi) is 5.67. The molecule has 0 aliphatic heterocycles. The van der Waals surface area contributed by atoms with Crippen molar-refractivity contribution in [3.63, 3.8) is 0 Å². The Morgan fingerprint density at radius 1 is 1.06 bits per heavy atom. The second-order valence-corrected chi connectivity index (χ2v) is 4.10. The fourth-order valence-electron chi connectivity index (χ4n) is 1.29. The highest BCUT2D eigenvalue weighted by atomic mass is 16.2. The lowest BCUT2D eigenvalue weighted by Crippen LogP contribution is -2.40. The van der Waals surface area contributed by atoms with Crippen LogP contribution in [0.3, 0.4) is 0 Å². The standard InChI is InChI=1S/C11H21N3O2/c1-2-3-6-13-11(16)14-8-7-12-10(15)9-4-5-9/h9H,2-8H2,1H3,(H,12,15)(H2,13,14,16). The maximum Gasteiger partial charge on any atom is 0.314 e. The van der Waals surface area contributed by atoms with Crippen LogP contribution in [0.2, 0.25) is 0 Å². The smallest absolute Gasteiger partial charge is 0.314 e. The van der Waals surface area contributed by atoms with Crippen molar-refractivity contribution in [2.75, 3.05) is 19.6 Å². The minimum atomic E-state index is -0.158. The fraction of sp³-hybridized carbons (Fsp3) is 0.818.